The van der Waals surface area contributed by atoms with Crippen LogP contribution in [0.1, 0.15) is 58.6 Å². The van der Waals surface area contributed by atoms with E-state index in [1.54, 1.807) is 0 Å². The molecule has 1 heterocycles. The van der Waals surface area contributed by atoms with E-state index >= 15 is 0 Å². The summed E-state index contributed by atoms with van der Waals surface area (Å²) >= 11 is 1.44. The van der Waals surface area contributed by atoms with Crippen LogP contribution in [0, 0.1) is 0 Å². The Morgan fingerprint density at radius 1 is 1.12 bits per heavy atom. The fourth-order valence-electron chi connectivity index (χ4n) is 3.25. The van der Waals surface area contributed by atoms with Crippen molar-refractivity contribution >= 4 is 29.2 Å². The molecule has 1 aromatic heterocycles. The summed E-state index contributed by atoms with van der Waals surface area (Å²) in [6.45, 7) is -0.445. The molecule has 3 amide bonds. The minimum absolute atomic E-state index is 0.137. The topological polar surface area (TPSA) is 84.5 Å². The Labute approximate surface area is 145 Å². The molecular weight excluding hydrogens is 328 g/mol. The molecule has 1 aromatic rings. The summed E-state index contributed by atoms with van der Waals surface area (Å²) in [5, 5.41) is 4.95. The first-order valence-electron chi connectivity index (χ1n) is 8.51. The first kappa shape index (κ1) is 17.0. The fourth-order valence-corrected chi connectivity index (χ4v) is 4.40. The SMILES string of the molecule is O=C(COC(=O)c1cc2c(s1)CCCC2)NC(=O)NC1CCCC1. The number of thiophene rings is 1. The van der Waals surface area contributed by atoms with Gasteiger partial charge in [0.05, 0.1) is 0 Å². The molecule has 1 saturated carbocycles. The van der Waals surface area contributed by atoms with Gasteiger partial charge in [0.15, 0.2) is 6.61 Å². The minimum Gasteiger partial charge on any atom is -0.451 e. The number of fused-ring (bicyclic) bond motifs is 1. The number of rotatable bonds is 4. The number of ether oxygens (including phenoxy) is 1. The van der Waals surface area contributed by atoms with Crippen molar-refractivity contribution < 1.29 is 19.1 Å². The number of carbonyl (C=O) groups is 3. The molecule has 2 aliphatic carbocycles. The lowest BCUT2D eigenvalue weighted by Crippen LogP contribution is -2.44. The van der Waals surface area contributed by atoms with Gasteiger partial charge >= 0.3 is 12.0 Å². The van der Waals surface area contributed by atoms with E-state index in [2.05, 4.69) is 10.6 Å². The van der Waals surface area contributed by atoms with Gasteiger partial charge in [0, 0.05) is 10.9 Å². The normalized spacial score (nSPS) is 17.2. The second-order valence-corrected chi connectivity index (χ2v) is 7.48. The Balaban J connectivity index is 1.42. The van der Waals surface area contributed by atoms with Gasteiger partial charge in [0.2, 0.25) is 0 Å². The van der Waals surface area contributed by atoms with Gasteiger partial charge in [-0.3, -0.25) is 10.1 Å². The highest BCUT2D eigenvalue weighted by Crippen LogP contribution is 2.29. The maximum absolute atomic E-state index is 12.0. The first-order chi connectivity index (χ1) is 11.6. The predicted octanol–water partition coefficient (Wildman–Crippen LogP) is 2.55. The summed E-state index contributed by atoms with van der Waals surface area (Å²) in [7, 11) is 0. The summed E-state index contributed by atoms with van der Waals surface area (Å²) in [5.74, 6) is -1.11. The summed E-state index contributed by atoms with van der Waals surface area (Å²) in [4.78, 5) is 37.2. The zero-order valence-electron chi connectivity index (χ0n) is 13.6. The molecule has 0 unspecified atom stereocenters. The van der Waals surface area contributed by atoms with Crippen LogP contribution < -0.4 is 10.6 Å². The third-order valence-electron chi connectivity index (χ3n) is 4.48. The zero-order chi connectivity index (χ0) is 16.9. The molecule has 130 valence electrons. The van der Waals surface area contributed by atoms with Crippen molar-refractivity contribution in [2.45, 2.75) is 57.4 Å². The van der Waals surface area contributed by atoms with Crippen molar-refractivity contribution in [1.82, 2.24) is 10.6 Å². The molecule has 6 nitrogen and oxygen atoms in total. The molecule has 0 saturated heterocycles. The number of amides is 3. The van der Waals surface area contributed by atoms with Gasteiger partial charge < -0.3 is 10.1 Å². The molecule has 3 rings (SSSR count). The molecular formula is C17H22N2O4S. The number of imide groups is 1. The number of aryl methyl sites for hydroxylation is 2. The van der Waals surface area contributed by atoms with E-state index in [-0.39, 0.29) is 6.04 Å². The summed E-state index contributed by atoms with van der Waals surface area (Å²) in [6, 6.07) is 1.49. The molecule has 24 heavy (non-hydrogen) atoms. The highest BCUT2D eigenvalue weighted by Gasteiger charge is 2.20. The van der Waals surface area contributed by atoms with Gasteiger partial charge in [-0.2, -0.15) is 0 Å². The maximum atomic E-state index is 12.0. The molecule has 0 atom stereocenters. The van der Waals surface area contributed by atoms with Crippen LogP contribution in [0.15, 0.2) is 6.07 Å². The molecule has 2 N–H and O–H groups in total. The Hall–Kier alpha value is -1.89. The summed E-state index contributed by atoms with van der Waals surface area (Å²) in [6.07, 6.45) is 8.40. The van der Waals surface area contributed by atoms with Crippen LogP contribution in [0.4, 0.5) is 4.79 Å². The number of urea groups is 1. The van der Waals surface area contributed by atoms with E-state index in [0.717, 1.165) is 51.4 Å². The first-order valence-corrected chi connectivity index (χ1v) is 9.32. The lowest BCUT2D eigenvalue weighted by atomic mass is 9.99. The highest BCUT2D eigenvalue weighted by molar-refractivity contribution is 7.14. The fraction of sp³-hybridized carbons (Fsp3) is 0.588. The second kappa shape index (κ2) is 7.79. The Morgan fingerprint density at radius 2 is 1.88 bits per heavy atom. The van der Waals surface area contributed by atoms with Gasteiger partial charge in [0.25, 0.3) is 5.91 Å². The van der Waals surface area contributed by atoms with Crippen molar-refractivity contribution in [2.75, 3.05) is 6.61 Å². The summed E-state index contributed by atoms with van der Waals surface area (Å²) in [5.41, 5.74) is 1.22. The second-order valence-electron chi connectivity index (χ2n) is 6.35. The smallest absolute Gasteiger partial charge is 0.348 e. The van der Waals surface area contributed by atoms with Crippen molar-refractivity contribution in [3.63, 3.8) is 0 Å². The van der Waals surface area contributed by atoms with E-state index in [1.807, 2.05) is 6.07 Å². The van der Waals surface area contributed by atoms with Crippen LogP contribution in [0.5, 0.6) is 0 Å². The van der Waals surface area contributed by atoms with Crippen molar-refractivity contribution in [3.05, 3.63) is 21.4 Å². The van der Waals surface area contributed by atoms with Crippen molar-refractivity contribution in [2.24, 2.45) is 0 Å². The van der Waals surface area contributed by atoms with E-state index in [9.17, 15) is 14.4 Å². The lowest BCUT2D eigenvalue weighted by molar-refractivity contribution is -0.123. The largest absolute Gasteiger partial charge is 0.451 e. The van der Waals surface area contributed by atoms with Crippen LogP contribution in [0.2, 0.25) is 0 Å². The number of nitrogens with one attached hydrogen (secondary N) is 2. The molecule has 0 aliphatic heterocycles. The molecule has 1 fully saturated rings. The van der Waals surface area contributed by atoms with Gasteiger partial charge in [-0.1, -0.05) is 12.8 Å². The third kappa shape index (κ3) is 4.35. The molecule has 0 aromatic carbocycles. The minimum atomic E-state index is -0.611. The lowest BCUT2D eigenvalue weighted by Gasteiger charge is -2.12. The zero-order valence-corrected chi connectivity index (χ0v) is 14.4. The van der Waals surface area contributed by atoms with Crippen molar-refractivity contribution in [3.8, 4) is 0 Å². The predicted molar refractivity (Wildman–Crippen MR) is 90.2 cm³/mol. The Kier molecular flexibility index (Phi) is 5.50. The molecule has 0 spiro atoms. The van der Waals surface area contributed by atoms with E-state index in [1.165, 1.54) is 21.8 Å². The number of hydrogen-bond acceptors (Lipinski definition) is 5. The van der Waals surface area contributed by atoms with Gasteiger partial charge in [0.1, 0.15) is 4.88 Å². The molecule has 7 heteroatoms. The summed E-state index contributed by atoms with van der Waals surface area (Å²) < 4.78 is 5.02. The van der Waals surface area contributed by atoms with Crippen LogP contribution in [-0.2, 0) is 22.4 Å². The van der Waals surface area contributed by atoms with Crippen molar-refractivity contribution in [1.29, 1.82) is 0 Å². The number of esters is 1. The van der Waals surface area contributed by atoms with Crippen LogP contribution in [-0.4, -0.2) is 30.6 Å². The van der Waals surface area contributed by atoms with E-state index in [4.69, 9.17) is 4.74 Å². The van der Waals surface area contributed by atoms with E-state index < -0.39 is 24.5 Å². The number of carbonyl (C=O) groups excluding carboxylic acids is 3. The van der Waals surface area contributed by atoms with Gasteiger partial charge in [-0.05, 0) is 50.2 Å². The monoisotopic (exact) mass is 350 g/mol. The number of hydrogen-bond donors (Lipinski definition) is 2. The van der Waals surface area contributed by atoms with Crippen LogP contribution >= 0.6 is 11.3 Å². The quantitative estimate of drug-likeness (QED) is 0.817. The molecule has 0 bridgehead atoms. The van der Waals surface area contributed by atoms with Crippen LogP contribution in [0.3, 0.4) is 0 Å². The maximum Gasteiger partial charge on any atom is 0.348 e. The molecule has 0 radical (unpaired) electrons. The Bertz CT molecular complexity index is 611. The van der Waals surface area contributed by atoms with E-state index in [0.29, 0.717) is 4.88 Å². The highest BCUT2D eigenvalue weighted by atomic mass is 32.1. The van der Waals surface area contributed by atoms with Gasteiger partial charge in [-0.15, -0.1) is 11.3 Å². The third-order valence-corrected chi connectivity index (χ3v) is 5.69. The van der Waals surface area contributed by atoms with Gasteiger partial charge in [-0.25, -0.2) is 9.59 Å². The Morgan fingerprint density at radius 3 is 2.62 bits per heavy atom. The average molecular weight is 350 g/mol. The molecule has 2 aliphatic rings. The standard InChI is InChI=1S/C17H22N2O4S/c20-15(19-17(22)18-12-6-2-3-7-12)10-23-16(21)14-9-11-5-1-4-8-13(11)24-14/h9,12H,1-8,10H2,(H2,18,19,20,22). The van der Waals surface area contributed by atoms with Crippen LogP contribution in [0.25, 0.3) is 0 Å². The average Bonchev–Trinajstić information content (AvgIpc) is 3.21.